The van der Waals surface area contributed by atoms with Crippen LogP contribution >= 0.6 is 0 Å². The molecular formula is C14H14F2N4O. The molecule has 2 aromatic rings. The summed E-state index contributed by atoms with van der Waals surface area (Å²) in [6.07, 6.45) is 0. The van der Waals surface area contributed by atoms with E-state index in [-0.39, 0.29) is 5.56 Å². The molecule has 5 nitrogen and oxygen atoms in total. The number of amides is 1. The Morgan fingerprint density at radius 3 is 2.71 bits per heavy atom. The van der Waals surface area contributed by atoms with Crippen molar-refractivity contribution in [2.24, 2.45) is 5.73 Å². The average molecular weight is 292 g/mol. The zero-order valence-corrected chi connectivity index (χ0v) is 11.4. The molecule has 2 heterocycles. The van der Waals surface area contributed by atoms with Crippen LogP contribution in [-0.4, -0.2) is 34.2 Å². The average Bonchev–Trinajstić information content (AvgIpc) is 2.80. The lowest BCUT2D eigenvalue weighted by molar-refractivity contribution is 0.0998. The van der Waals surface area contributed by atoms with E-state index in [4.69, 9.17) is 5.73 Å². The van der Waals surface area contributed by atoms with E-state index in [1.165, 1.54) is 6.07 Å². The second-order valence-electron chi connectivity index (χ2n) is 5.12. The molecule has 1 aliphatic heterocycles. The lowest BCUT2D eigenvalue weighted by Crippen LogP contribution is -2.32. The van der Waals surface area contributed by atoms with Gasteiger partial charge >= 0.3 is 0 Å². The first-order valence-corrected chi connectivity index (χ1v) is 6.51. The summed E-state index contributed by atoms with van der Waals surface area (Å²) in [4.78, 5) is 13.8. The third-order valence-electron chi connectivity index (χ3n) is 3.61. The highest BCUT2D eigenvalue weighted by Crippen LogP contribution is 2.28. The van der Waals surface area contributed by atoms with E-state index in [9.17, 15) is 13.6 Å². The molecule has 7 heteroatoms. The summed E-state index contributed by atoms with van der Waals surface area (Å²) in [5.41, 5.74) is 7.07. The number of hydrogen-bond donors (Lipinski definition) is 1. The van der Waals surface area contributed by atoms with Crippen molar-refractivity contribution >= 4 is 5.91 Å². The fraction of sp³-hybridized carbons (Fsp3) is 0.286. The first kappa shape index (κ1) is 13.7. The molecule has 0 bridgehead atoms. The van der Waals surface area contributed by atoms with Crippen LogP contribution < -0.4 is 5.73 Å². The quantitative estimate of drug-likeness (QED) is 0.909. The molecule has 0 aliphatic carbocycles. The summed E-state index contributed by atoms with van der Waals surface area (Å²) in [6, 6.07) is 3.43. The van der Waals surface area contributed by atoms with Gasteiger partial charge in [-0.1, -0.05) is 0 Å². The molecule has 3 rings (SSSR count). The van der Waals surface area contributed by atoms with Gasteiger partial charge in [-0.3, -0.25) is 14.4 Å². The highest BCUT2D eigenvalue weighted by atomic mass is 19.2. The second-order valence-corrected chi connectivity index (χ2v) is 5.12. The van der Waals surface area contributed by atoms with E-state index in [1.54, 1.807) is 4.68 Å². The van der Waals surface area contributed by atoms with Gasteiger partial charge in [-0.05, 0) is 25.2 Å². The maximum absolute atomic E-state index is 13.4. The molecule has 2 N–H and O–H groups in total. The van der Waals surface area contributed by atoms with Crippen LogP contribution in [0.15, 0.2) is 18.2 Å². The van der Waals surface area contributed by atoms with Gasteiger partial charge in [-0.15, -0.1) is 0 Å². The number of benzene rings is 1. The smallest absolute Gasteiger partial charge is 0.252 e. The van der Waals surface area contributed by atoms with Crippen molar-refractivity contribution in [3.05, 3.63) is 41.1 Å². The number of primary amides is 1. The molecule has 0 radical (unpaired) electrons. The Labute approximate surface area is 120 Å². The molecule has 1 aromatic heterocycles. The van der Waals surface area contributed by atoms with E-state index in [2.05, 4.69) is 5.10 Å². The zero-order valence-electron chi connectivity index (χ0n) is 11.4. The van der Waals surface area contributed by atoms with Crippen LogP contribution in [0.5, 0.6) is 0 Å². The van der Waals surface area contributed by atoms with Gasteiger partial charge in [0.1, 0.15) is 5.69 Å². The molecule has 1 aliphatic rings. The Morgan fingerprint density at radius 2 is 2.05 bits per heavy atom. The van der Waals surface area contributed by atoms with Crippen LogP contribution in [0.4, 0.5) is 8.78 Å². The maximum Gasteiger partial charge on any atom is 0.252 e. The van der Waals surface area contributed by atoms with Crippen LogP contribution in [0.3, 0.4) is 0 Å². The summed E-state index contributed by atoms with van der Waals surface area (Å²) in [6.45, 7) is 1.95. The predicted molar refractivity (Wildman–Crippen MR) is 72.4 cm³/mol. The number of rotatable bonds is 2. The first-order chi connectivity index (χ1) is 9.97. The topological polar surface area (TPSA) is 64.2 Å². The van der Waals surface area contributed by atoms with Gasteiger partial charge in [0.2, 0.25) is 0 Å². The van der Waals surface area contributed by atoms with Crippen LogP contribution in [0.2, 0.25) is 0 Å². The number of fused-ring (bicyclic) bond motifs is 1. The van der Waals surface area contributed by atoms with E-state index in [0.717, 1.165) is 18.7 Å². The lowest BCUT2D eigenvalue weighted by Gasteiger charge is -2.23. The number of nitrogens with zero attached hydrogens (tertiary/aromatic N) is 3. The normalized spacial score (nSPS) is 15.0. The monoisotopic (exact) mass is 292 g/mol. The summed E-state index contributed by atoms with van der Waals surface area (Å²) in [7, 11) is 1.93. The number of aromatic nitrogens is 2. The van der Waals surface area contributed by atoms with Gasteiger partial charge in [0, 0.05) is 18.7 Å². The first-order valence-electron chi connectivity index (χ1n) is 6.51. The van der Waals surface area contributed by atoms with Crippen molar-refractivity contribution in [2.75, 3.05) is 13.6 Å². The van der Waals surface area contributed by atoms with Crippen molar-refractivity contribution in [3.8, 4) is 11.3 Å². The van der Waals surface area contributed by atoms with Gasteiger partial charge in [0.25, 0.3) is 5.91 Å². The van der Waals surface area contributed by atoms with Crippen LogP contribution in [0.1, 0.15) is 16.1 Å². The number of carbonyl (C=O) groups is 1. The molecule has 110 valence electrons. The lowest BCUT2D eigenvalue weighted by atomic mass is 10.0. The molecule has 0 saturated heterocycles. The predicted octanol–water partition coefficient (Wildman–Crippen LogP) is 1.37. The van der Waals surface area contributed by atoms with Gasteiger partial charge in [0.15, 0.2) is 11.6 Å². The minimum absolute atomic E-state index is 0.271. The number of hydrogen-bond acceptors (Lipinski definition) is 3. The Morgan fingerprint density at radius 1 is 1.29 bits per heavy atom. The molecule has 0 fully saturated rings. The molecule has 0 atom stereocenters. The molecule has 0 saturated carbocycles. The van der Waals surface area contributed by atoms with Crippen molar-refractivity contribution < 1.29 is 13.6 Å². The molecule has 21 heavy (non-hydrogen) atoms. The summed E-state index contributed by atoms with van der Waals surface area (Å²) < 4.78 is 28.2. The highest BCUT2D eigenvalue weighted by Gasteiger charge is 2.26. The van der Waals surface area contributed by atoms with E-state index < -0.39 is 17.5 Å². The zero-order chi connectivity index (χ0) is 15.1. The Kier molecular flexibility index (Phi) is 3.21. The van der Waals surface area contributed by atoms with Crippen molar-refractivity contribution in [3.63, 3.8) is 0 Å². The molecule has 0 spiro atoms. The Balaban J connectivity index is 2.18. The fourth-order valence-electron chi connectivity index (χ4n) is 2.55. The number of carbonyl (C=O) groups excluding carboxylic acids is 1. The number of nitrogens with two attached hydrogens (primary N) is 1. The van der Waals surface area contributed by atoms with Crippen LogP contribution in [0.25, 0.3) is 11.3 Å². The molecule has 0 unspecified atom stereocenters. The molecule has 1 amide bonds. The van der Waals surface area contributed by atoms with Crippen molar-refractivity contribution in [2.45, 2.75) is 13.1 Å². The van der Waals surface area contributed by atoms with Gasteiger partial charge in [0.05, 0.1) is 17.8 Å². The summed E-state index contributed by atoms with van der Waals surface area (Å²) in [5.74, 6) is -2.54. The summed E-state index contributed by atoms with van der Waals surface area (Å²) >= 11 is 0. The SMILES string of the molecule is CN1CCn2nc(-c3ccc(F)c(F)c3)c(C(N)=O)c2C1. The van der Waals surface area contributed by atoms with E-state index >= 15 is 0 Å². The van der Waals surface area contributed by atoms with Gasteiger partial charge in [-0.25, -0.2) is 8.78 Å². The third kappa shape index (κ3) is 2.29. The molecular weight excluding hydrogens is 278 g/mol. The van der Waals surface area contributed by atoms with Crippen molar-refractivity contribution in [1.82, 2.24) is 14.7 Å². The highest BCUT2D eigenvalue weighted by molar-refractivity contribution is 6.00. The largest absolute Gasteiger partial charge is 0.365 e. The van der Waals surface area contributed by atoms with E-state index in [1.807, 2.05) is 11.9 Å². The van der Waals surface area contributed by atoms with Crippen LogP contribution in [0, 0.1) is 11.6 Å². The van der Waals surface area contributed by atoms with E-state index in [0.29, 0.717) is 30.0 Å². The summed E-state index contributed by atoms with van der Waals surface area (Å²) in [5, 5.41) is 4.35. The standard InChI is InChI=1S/C14H14F2N4O/c1-19-4-5-20-11(7-19)12(14(17)21)13(18-20)8-2-3-9(15)10(16)6-8/h2-3,6H,4-5,7H2,1H3,(H2,17,21). The number of halogens is 2. The third-order valence-corrected chi connectivity index (χ3v) is 3.61. The number of likely N-dealkylation sites (N-methyl/N-ethyl adjacent to an activating group) is 1. The fourth-order valence-corrected chi connectivity index (χ4v) is 2.55. The maximum atomic E-state index is 13.4. The van der Waals surface area contributed by atoms with Gasteiger partial charge < -0.3 is 5.73 Å². The van der Waals surface area contributed by atoms with Crippen LogP contribution in [-0.2, 0) is 13.1 Å². The van der Waals surface area contributed by atoms with Crippen molar-refractivity contribution in [1.29, 1.82) is 0 Å². The minimum Gasteiger partial charge on any atom is -0.365 e. The van der Waals surface area contributed by atoms with Gasteiger partial charge in [-0.2, -0.15) is 5.10 Å². The second kappa shape index (κ2) is 4.92. The Bertz CT molecular complexity index is 726. The molecule has 1 aromatic carbocycles. The Hall–Kier alpha value is -2.28. The minimum atomic E-state index is -0.981.